The van der Waals surface area contributed by atoms with Crippen LogP contribution in [-0.2, 0) is 28.9 Å². The highest BCUT2D eigenvalue weighted by Gasteiger charge is 2.38. The molecule has 0 saturated carbocycles. The first-order valence-corrected chi connectivity index (χ1v) is 14.7. The van der Waals surface area contributed by atoms with Crippen LogP contribution in [-0.4, -0.2) is 56.6 Å². The summed E-state index contributed by atoms with van der Waals surface area (Å²) in [6, 6.07) is 14.0. The third-order valence-electron chi connectivity index (χ3n) is 8.94. The van der Waals surface area contributed by atoms with Crippen LogP contribution < -0.4 is 5.56 Å². The standard InChI is InChI=1S/C32H36FN4O5.CH3/c1-21-25(32(40)36-14-5-8-27(38)31(36)34-21)13-17-37(20-41-29(39)18-22-6-3-2-4-7-22)15-11-23(12-16-37)30-26-10-9-24(33)19-28(26)42-35-30;/h2-4,6-7,9-10,19,23,27,38H,5,8,11-18,20H2,1H3;1H3/q+1;-1. The average Bonchev–Trinajstić information content (AvgIpc) is 3.40. The average molecular weight is 591 g/mol. The summed E-state index contributed by atoms with van der Waals surface area (Å²) >= 11 is 0. The van der Waals surface area contributed by atoms with Gasteiger partial charge in [-0.15, -0.1) is 0 Å². The summed E-state index contributed by atoms with van der Waals surface area (Å²) in [5.41, 5.74) is 3.36. The molecule has 4 heterocycles. The van der Waals surface area contributed by atoms with Gasteiger partial charge in [0.25, 0.3) is 5.56 Å². The molecule has 6 rings (SSSR count). The van der Waals surface area contributed by atoms with Gasteiger partial charge in [0.2, 0.25) is 6.73 Å². The molecule has 1 N–H and O–H groups in total. The Morgan fingerprint density at radius 2 is 1.93 bits per heavy atom. The van der Waals surface area contributed by atoms with Gasteiger partial charge < -0.3 is 21.8 Å². The van der Waals surface area contributed by atoms with Gasteiger partial charge in [-0.2, -0.15) is 0 Å². The number of piperidine rings is 1. The number of hydrogen-bond donors (Lipinski definition) is 1. The van der Waals surface area contributed by atoms with Crippen molar-refractivity contribution in [3.05, 3.63) is 100 Å². The number of quaternary nitrogens is 1. The van der Waals surface area contributed by atoms with Crippen molar-refractivity contribution < 1.29 is 28.0 Å². The number of nitrogens with zero attached hydrogens (tertiary/aromatic N) is 4. The highest BCUT2D eigenvalue weighted by atomic mass is 19.1. The fraction of sp³-hybridized carbons (Fsp3) is 0.424. The Hall–Kier alpha value is -3.89. The molecule has 0 aliphatic carbocycles. The number of aryl methyl sites for hydroxylation is 1. The van der Waals surface area contributed by atoms with Crippen molar-refractivity contribution >= 4 is 16.9 Å². The Morgan fingerprint density at radius 3 is 2.70 bits per heavy atom. The summed E-state index contributed by atoms with van der Waals surface area (Å²) in [4.78, 5) is 30.9. The van der Waals surface area contributed by atoms with Crippen LogP contribution in [0.4, 0.5) is 4.39 Å². The van der Waals surface area contributed by atoms with Crippen LogP contribution >= 0.6 is 0 Å². The molecule has 10 heteroatoms. The molecule has 2 aliphatic rings. The number of carbonyl (C=O) groups excluding carboxylic acids is 1. The molecule has 1 fully saturated rings. The van der Waals surface area contributed by atoms with E-state index in [9.17, 15) is 19.1 Å². The molecule has 2 aromatic heterocycles. The minimum atomic E-state index is -0.718. The van der Waals surface area contributed by atoms with E-state index in [0.29, 0.717) is 53.1 Å². The number of halogens is 1. The van der Waals surface area contributed by atoms with Crippen molar-refractivity contribution in [2.75, 3.05) is 26.4 Å². The summed E-state index contributed by atoms with van der Waals surface area (Å²) in [6.45, 7) is 4.64. The van der Waals surface area contributed by atoms with E-state index >= 15 is 0 Å². The monoisotopic (exact) mass is 590 g/mol. The second kappa shape index (κ2) is 12.8. The van der Waals surface area contributed by atoms with Crippen LogP contribution in [0.3, 0.4) is 0 Å². The number of ether oxygens (including phenoxy) is 1. The zero-order valence-corrected chi connectivity index (χ0v) is 24.8. The Balaban J connectivity index is 0.00000368. The number of benzene rings is 2. The lowest BCUT2D eigenvalue weighted by molar-refractivity contribution is -0.948. The fourth-order valence-corrected chi connectivity index (χ4v) is 6.45. The molecular formula is C33H39FN4O5. The van der Waals surface area contributed by atoms with Crippen LogP contribution in [0.5, 0.6) is 0 Å². The van der Waals surface area contributed by atoms with E-state index in [1.165, 1.54) is 12.1 Å². The number of likely N-dealkylation sites (tertiary alicyclic amines) is 1. The van der Waals surface area contributed by atoms with E-state index < -0.39 is 6.10 Å². The van der Waals surface area contributed by atoms with Gasteiger partial charge in [0, 0.05) is 54.4 Å². The molecule has 9 nitrogen and oxygen atoms in total. The third kappa shape index (κ3) is 6.40. The Labute approximate surface area is 250 Å². The van der Waals surface area contributed by atoms with Gasteiger partial charge >= 0.3 is 5.97 Å². The molecule has 0 bridgehead atoms. The summed E-state index contributed by atoms with van der Waals surface area (Å²) in [5, 5.41) is 15.5. The second-order valence-electron chi connectivity index (χ2n) is 11.7. The number of aliphatic hydroxyl groups is 1. The topological polar surface area (TPSA) is 107 Å². The first kappa shape index (κ1) is 30.6. The Morgan fingerprint density at radius 1 is 1.16 bits per heavy atom. The van der Waals surface area contributed by atoms with Gasteiger partial charge in [-0.3, -0.25) is 18.6 Å². The van der Waals surface area contributed by atoms with Gasteiger partial charge in [-0.05, 0) is 37.5 Å². The van der Waals surface area contributed by atoms with E-state index in [2.05, 4.69) is 10.1 Å². The summed E-state index contributed by atoms with van der Waals surface area (Å²) in [6.07, 6.45) is 2.87. The van der Waals surface area contributed by atoms with Crippen molar-refractivity contribution in [1.82, 2.24) is 14.7 Å². The number of carbonyl (C=O) groups is 1. The minimum absolute atomic E-state index is 0. The van der Waals surface area contributed by atoms with Gasteiger partial charge in [0.15, 0.2) is 5.58 Å². The number of hydrogen-bond acceptors (Lipinski definition) is 7. The normalized spacial score (nSPS) is 21.7. The SMILES string of the molecule is Cc1nc2n(c(=O)c1CC[N+]1(COC(=O)Cc3ccccc3)CCC(c3noc4cc(F)ccc34)CC1)CCCC2O.[CH3-]. The zero-order valence-electron chi connectivity index (χ0n) is 24.8. The maximum Gasteiger partial charge on any atom is 0.314 e. The van der Waals surface area contributed by atoms with Crippen molar-refractivity contribution in [3.63, 3.8) is 0 Å². The van der Waals surface area contributed by atoms with E-state index in [4.69, 9.17) is 9.26 Å². The Bertz CT molecular complexity index is 1640. The number of rotatable bonds is 8. The van der Waals surface area contributed by atoms with Crippen LogP contribution in [0.1, 0.15) is 66.0 Å². The lowest BCUT2D eigenvalue weighted by Crippen LogP contribution is -2.55. The largest absolute Gasteiger partial charge is 0.415 e. The van der Waals surface area contributed by atoms with Crippen molar-refractivity contribution in [2.45, 2.75) is 64.0 Å². The zero-order chi connectivity index (χ0) is 29.3. The minimum Gasteiger partial charge on any atom is -0.415 e. The van der Waals surface area contributed by atoms with Gasteiger partial charge in [0.1, 0.15) is 17.7 Å². The van der Waals surface area contributed by atoms with E-state index in [0.717, 1.165) is 49.0 Å². The lowest BCUT2D eigenvalue weighted by atomic mass is 9.90. The molecule has 2 aliphatic heterocycles. The maximum atomic E-state index is 13.7. The third-order valence-corrected chi connectivity index (χ3v) is 8.94. The van der Waals surface area contributed by atoms with Crippen LogP contribution in [0.25, 0.3) is 11.0 Å². The van der Waals surface area contributed by atoms with Crippen LogP contribution in [0, 0.1) is 20.2 Å². The lowest BCUT2D eigenvalue weighted by Gasteiger charge is -2.42. The van der Waals surface area contributed by atoms with Crippen molar-refractivity contribution in [3.8, 4) is 0 Å². The van der Waals surface area contributed by atoms with Crippen molar-refractivity contribution in [2.24, 2.45) is 0 Å². The highest BCUT2D eigenvalue weighted by molar-refractivity contribution is 5.79. The molecule has 1 unspecified atom stereocenters. The molecule has 0 radical (unpaired) electrons. The van der Waals surface area contributed by atoms with Crippen LogP contribution in [0.2, 0.25) is 0 Å². The van der Waals surface area contributed by atoms with E-state index in [1.807, 2.05) is 37.3 Å². The van der Waals surface area contributed by atoms with Crippen LogP contribution in [0.15, 0.2) is 57.8 Å². The number of fused-ring (bicyclic) bond motifs is 2. The quantitative estimate of drug-likeness (QED) is 0.179. The predicted octanol–water partition coefficient (Wildman–Crippen LogP) is 4.79. The summed E-state index contributed by atoms with van der Waals surface area (Å²) in [5.74, 6) is -0.0701. The predicted molar refractivity (Wildman–Crippen MR) is 159 cm³/mol. The summed E-state index contributed by atoms with van der Waals surface area (Å²) < 4.78 is 27.1. The molecule has 2 aromatic carbocycles. The molecule has 43 heavy (non-hydrogen) atoms. The highest BCUT2D eigenvalue weighted by Crippen LogP contribution is 2.35. The smallest absolute Gasteiger partial charge is 0.314 e. The maximum absolute atomic E-state index is 13.7. The molecule has 0 spiro atoms. The number of aliphatic hydroxyl groups excluding tert-OH is 1. The molecule has 0 amide bonds. The molecule has 1 saturated heterocycles. The summed E-state index contributed by atoms with van der Waals surface area (Å²) in [7, 11) is 0. The number of aromatic nitrogens is 3. The molecule has 1 atom stereocenters. The molecule has 4 aromatic rings. The van der Waals surface area contributed by atoms with E-state index in [1.54, 1.807) is 10.6 Å². The first-order valence-electron chi connectivity index (χ1n) is 14.7. The second-order valence-corrected chi connectivity index (χ2v) is 11.7. The number of esters is 1. The fourth-order valence-electron chi connectivity index (χ4n) is 6.45. The molecule has 228 valence electrons. The van der Waals surface area contributed by atoms with Gasteiger partial charge in [-0.1, -0.05) is 35.5 Å². The van der Waals surface area contributed by atoms with E-state index in [-0.39, 0.29) is 43.8 Å². The van der Waals surface area contributed by atoms with Gasteiger partial charge in [-0.25, -0.2) is 9.37 Å². The first-order chi connectivity index (χ1) is 20.3. The van der Waals surface area contributed by atoms with Gasteiger partial charge in [0.05, 0.1) is 31.7 Å². The Kier molecular flexibility index (Phi) is 9.08. The molecular weight excluding hydrogens is 551 g/mol. The van der Waals surface area contributed by atoms with Crippen molar-refractivity contribution in [1.29, 1.82) is 0 Å².